The van der Waals surface area contributed by atoms with Gasteiger partial charge in [-0.15, -0.1) is 0 Å². The second-order valence-corrected chi connectivity index (χ2v) is 22.8. The Kier molecular flexibility index (Phi) is 61.4. The number of carbonyl (C=O) groups excluding carboxylic acids is 2. The summed E-state index contributed by atoms with van der Waals surface area (Å²) in [5.74, 6) is -0.0274. The zero-order valence-electron chi connectivity index (χ0n) is 49.4. The Balaban J connectivity index is 3.43. The molecule has 0 radical (unpaired) electrons. The van der Waals surface area contributed by atoms with E-state index < -0.39 is 12.1 Å². The molecule has 0 aliphatic heterocycles. The molecule has 0 heterocycles. The van der Waals surface area contributed by atoms with Crippen molar-refractivity contribution in [2.75, 3.05) is 13.2 Å². The predicted molar refractivity (Wildman–Crippen MR) is 320 cm³/mol. The Hall–Kier alpha value is -1.66. The average Bonchev–Trinajstić information content (AvgIpc) is 3.39. The van der Waals surface area contributed by atoms with Gasteiger partial charge in [0.05, 0.1) is 25.4 Å². The highest BCUT2D eigenvalue weighted by Crippen LogP contribution is 2.18. The van der Waals surface area contributed by atoms with Crippen molar-refractivity contribution in [3.8, 4) is 0 Å². The van der Waals surface area contributed by atoms with Gasteiger partial charge in [-0.3, -0.25) is 9.59 Å². The van der Waals surface area contributed by atoms with Crippen LogP contribution >= 0.6 is 0 Å². The third kappa shape index (κ3) is 59.4. The number of nitrogens with one attached hydrogen (secondary N) is 1. The standard InChI is InChI=1S/C67H129NO5/c1-3-5-7-9-11-13-15-17-18-19-27-30-33-36-39-43-47-51-55-59-65(70)64(63-69)68-66(71)60-56-52-48-44-40-37-34-31-28-25-23-21-20-22-24-26-29-32-35-38-42-46-50-54-58-62-73-67(72)61-57-53-49-45-41-16-14-12-10-8-6-4-2/h21-24,64-65,69-70H,3-20,25-63H2,1-2H3,(H,68,71)/b23-21-,24-22-. The van der Waals surface area contributed by atoms with Crippen molar-refractivity contribution < 1.29 is 24.5 Å². The lowest BCUT2D eigenvalue weighted by Gasteiger charge is -2.22. The Morgan fingerprint density at radius 1 is 0.384 bits per heavy atom. The van der Waals surface area contributed by atoms with Gasteiger partial charge in [0.15, 0.2) is 0 Å². The minimum Gasteiger partial charge on any atom is -0.466 e. The van der Waals surface area contributed by atoms with Crippen molar-refractivity contribution in [1.29, 1.82) is 0 Å². The number of aliphatic hydroxyl groups is 2. The van der Waals surface area contributed by atoms with E-state index in [1.54, 1.807) is 0 Å². The molecule has 6 heteroatoms. The summed E-state index contributed by atoms with van der Waals surface area (Å²) >= 11 is 0. The first-order valence-corrected chi connectivity index (χ1v) is 33.1. The molecule has 6 nitrogen and oxygen atoms in total. The summed E-state index contributed by atoms with van der Waals surface area (Å²) in [6.07, 6.45) is 77.7. The summed E-state index contributed by atoms with van der Waals surface area (Å²) in [6, 6.07) is -0.546. The number of aliphatic hydroxyl groups excluding tert-OH is 2. The minimum absolute atomic E-state index is 0.0103. The highest BCUT2D eigenvalue weighted by Gasteiger charge is 2.20. The maximum absolute atomic E-state index is 12.5. The highest BCUT2D eigenvalue weighted by molar-refractivity contribution is 5.76. The average molecular weight is 1030 g/mol. The third-order valence-electron chi connectivity index (χ3n) is 15.5. The Bertz CT molecular complexity index is 1140. The minimum atomic E-state index is -0.669. The van der Waals surface area contributed by atoms with Crippen LogP contribution in [-0.2, 0) is 14.3 Å². The van der Waals surface area contributed by atoms with Crippen molar-refractivity contribution in [2.45, 2.75) is 379 Å². The molecule has 0 aromatic rings. The number of esters is 1. The number of rotatable bonds is 62. The van der Waals surface area contributed by atoms with E-state index >= 15 is 0 Å². The smallest absolute Gasteiger partial charge is 0.305 e. The number of carbonyl (C=O) groups is 2. The molecule has 432 valence electrons. The van der Waals surface area contributed by atoms with Crippen molar-refractivity contribution in [3.63, 3.8) is 0 Å². The molecule has 0 bridgehead atoms. The fourth-order valence-corrected chi connectivity index (χ4v) is 10.4. The highest BCUT2D eigenvalue weighted by atomic mass is 16.5. The lowest BCUT2D eigenvalue weighted by atomic mass is 10.0. The Morgan fingerprint density at radius 2 is 0.685 bits per heavy atom. The second kappa shape index (κ2) is 62.9. The molecule has 0 saturated heterocycles. The van der Waals surface area contributed by atoms with Gasteiger partial charge in [0.25, 0.3) is 0 Å². The first-order chi connectivity index (χ1) is 36.0. The quantitative estimate of drug-likeness (QED) is 0.0320. The second-order valence-electron chi connectivity index (χ2n) is 22.8. The molecule has 1 amide bonds. The van der Waals surface area contributed by atoms with Crippen LogP contribution < -0.4 is 5.32 Å². The summed E-state index contributed by atoms with van der Waals surface area (Å²) in [6.45, 7) is 4.98. The van der Waals surface area contributed by atoms with E-state index in [4.69, 9.17) is 4.74 Å². The molecule has 0 fully saturated rings. The fraction of sp³-hybridized carbons (Fsp3) is 0.910. The van der Waals surface area contributed by atoms with Gasteiger partial charge < -0.3 is 20.3 Å². The first-order valence-electron chi connectivity index (χ1n) is 33.1. The van der Waals surface area contributed by atoms with Crippen LogP contribution in [0.25, 0.3) is 0 Å². The van der Waals surface area contributed by atoms with Crippen LogP contribution in [0.1, 0.15) is 367 Å². The molecule has 0 rings (SSSR count). The van der Waals surface area contributed by atoms with E-state index in [0.29, 0.717) is 25.9 Å². The predicted octanol–water partition coefficient (Wildman–Crippen LogP) is 21.0. The Labute approximate surface area is 456 Å². The van der Waals surface area contributed by atoms with Crippen LogP contribution in [0.5, 0.6) is 0 Å². The van der Waals surface area contributed by atoms with Crippen LogP contribution in [0.4, 0.5) is 0 Å². The molecule has 0 aromatic heterocycles. The molecule has 2 unspecified atom stereocenters. The number of allylic oxidation sites excluding steroid dienone is 4. The van der Waals surface area contributed by atoms with Crippen LogP contribution in [0.3, 0.4) is 0 Å². The number of amides is 1. The van der Waals surface area contributed by atoms with Crippen molar-refractivity contribution >= 4 is 11.9 Å². The van der Waals surface area contributed by atoms with Gasteiger partial charge >= 0.3 is 5.97 Å². The lowest BCUT2D eigenvalue weighted by Crippen LogP contribution is -2.45. The molecule has 0 aromatic carbocycles. The largest absolute Gasteiger partial charge is 0.466 e. The normalized spacial score (nSPS) is 12.7. The van der Waals surface area contributed by atoms with E-state index in [1.807, 2.05) is 0 Å². The van der Waals surface area contributed by atoms with Gasteiger partial charge in [-0.05, 0) is 57.8 Å². The van der Waals surface area contributed by atoms with Crippen molar-refractivity contribution in [1.82, 2.24) is 5.32 Å². The molecule has 0 aliphatic rings. The maximum Gasteiger partial charge on any atom is 0.305 e. The van der Waals surface area contributed by atoms with Crippen LogP contribution in [0.15, 0.2) is 24.3 Å². The summed E-state index contributed by atoms with van der Waals surface area (Å²) in [4.78, 5) is 24.5. The van der Waals surface area contributed by atoms with E-state index in [-0.39, 0.29) is 18.5 Å². The zero-order valence-corrected chi connectivity index (χ0v) is 49.4. The summed E-state index contributed by atoms with van der Waals surface area (Å²) < 4.78 is 5.47. The monoisotopic (exact) mass is 1030 g/mol. The van der Waals surface area contributed by atoms with Gasteiger partial charge in [0.2, 0.25) is 5.91 Å². The van der Waals surface area contributed by atoms with Gasteiger partial charge in [-0.25, -0.2) is 0 Å². The maximum atomic E-state index is 12.5. The molecule has 73 heavy (non-hydrogen) atoms. The van der Waals surface area contributed by atoms with Gasteiger partial charge in [0.1, 0.15) is 0 Å². The molecule has 0 aliphatic carbocycles. The van der Waals surface area contributed by atoms with Gasteiger partial charge in [-0.1, -0.05) is 321 Å². The topological polar surface area (TPSA) is 95.9 Å². The fourth-order valence-electron chi connectivity index (χ4n) is 10.4. The third-order valence-corrected chi connectivity index (χ3v) is 15.5. The first kappa shape index (κ1) is 71.3. The van der Waals surface area contributed by atoms with Crippen molar-refractivity contribution in [2.24, 2.45) is 0 Å². The molecule has 3 N–H and O–H groups in total. The van der Waals surface area contributed by atoms with Crippen molar-refractivity contribution in [3.05, 3.63) is 24.3 Å². The van der Waals surface area contributed by atoms with Crippen LogP contribution in [-0.4, -0.2) is 47.4 Å². The SMILES string of the molecule is CCCCCCCCCCCCCCCCCCCCCC(O)C(CO)NC(=O)CCCCCCCCCCC/C=C\C/C=C\CCCCCCCCCCCOC(=O)CCCCCCCCCCCCCC. The number of unbranched alkanes of at least 4 members (excludes halogenated alkanes) is 47. The number of ether oxygens (including phenoxy) is 1. The van der Waals surface area contributed by atoms with Gasteiger partial charge in [0, 0.05) is 12.8 Å². The summed E-state index contributed by atoms with van der Waals surface area (Å²) in [7, 11) is 0. The zero-order chi connectivity index (χ0) is 52.9. The van der Waals surface area contributed by atoms with Gasteiger partial charge in [-0.2, -0.15) is 0 Å². The summed E-state index contributed by atoms with van der Waals surface area (Å²) in [5, 5.41) is 23.4. The molecule has 0 spiro atoms. The van der Waals surface area contributed by atoms with Crippen LogP contribution in [0, 0.1) is 0 Å². The van der Waals surface area contributed by atoms with E-state index in [2.05, 4.69) is 43.5 Å². The molecule has 0 saturated carbocycles. The van der Waals surface area contributed by atoms with E-state index in [9.17, 15) is 19.8 Å². The molecular formula is C67H129NO5. The Morgan fingerprint density at radius 3 is 1.04 bits per heavy atom. The summed E-state index contributed by atoms with van der Waals surface area (Å²) in [5.41, 5.74) is 0. The number of hydrogen-bond donors (Lipinski definition) is 3. The molecule has 2 atom stereocenters. The molecular weight excluding hydrogens is 899 g/mol. The van der Waals surface area contributed by atoms with E-state index in [1.165, 1.54) is 289 Å². The lowest BCUT2D eigenvalue weighted by molar-refractivity contribution is -0.143. The van der Waals surface area contributed by atoms with E-state index in [0.717, 1.165) is 44.9 Å². The number of hydrogen-bond acceptors (Lipinski definition) is 5. The van der Waals surface area contributed by atoms with Crippen LogP contribution in [0.2, 0.25) is 0 Å².